The number of aromatic nitrogens is 2. The van der Waals surface area contributed by atoms with Crippen LogP contribution in [0.15, 0.2) is 30.5 Å². The van der Waals surface area contributed by atoms with E-state index in [1.165, 1.54) is 0 Å². The minimum absolute atomic E-state index is 0.299. The Bertz CT molecular complexity index is 469. The molecule has 4 heteroatoms. The van der Waals surface area contributed by atoms with E-state index in [1.54, 1.807) is 6.20 Å². The third-order valence-electron chi connectivity index (χ3n) is 2.48. The van der Waals surface area contributed by atoms with Crippen molar-refractivity contribution < 1.29 is 0 Å². The SMILES string of the molecule is C[C@H](CN)NCc1cnc2ccccc2n1. The normalized spacial score (nSPS) is 12.9. The predicted octanol–water partition coefficient (Wildman–Crippen LogP) is 1.07. The fourth-order valence-corrected chi connectivity index (χ4v) is 1.44. The van der Waals surface area contributed by atoms with Gasteiger partial charge in [0.05, 0.1) is 22.9 Å². The number of hydrogen-bond donors (Lipinski definition) is 2. The Morgan fingerprint density at radius 1 is 1.31 bits per heavy atom. The van der Waals surface area contributed by atoms with Gasteiger partial charge in [0.25, 0.3) is 0 Å². The largest absolute Gasteiger partial charge is 0.329 e. The smallest absolute Gasteiger partial charge is 0.0890 e. The van der Waals surface area contributed by atoms with Crippen LogP contribution in [0.25, 0.3) is 11.0 Å². The first kappa shape index (κ1) is 11.0. The van der Waals surface area contributed by atoms with Crippen LogP contribution >= 0.6 is 0 Å². The maximum Gasteiger partial charge on any atom is 0.0890 e. The summed E-state index contributed by atoms with van der Waals surface area (Å²) in [5.41, 5.74) is 8.33. The van der Waals surface area contributed by atoms with Gasteiger partial charge in [0, 0.05) is 19.1 Å². The number of fused-ring (bicyclic) bond motifs is 1. The van der Waals surface area contributed by atoms with Gasteiger partial charge >= 0.3 is 0 Å². The fraction of sp³-hybridized carbons (Fsp3) is 0.333. The average Bonchev–Trinajstić information content (AvgIpc) is 2.35. The van der Waals surface area contributed by atoms with Gasteiger partial charge in [-0.15, -0.1) is 0 Å². The summed E-state index contributed by atoms with van der Waals surface area (Å²) in [5.74, 6) is 0. The first-order valence-electron chi connectivity index (χ1n) is 5.43. The molecule has 84 valence electrons. The molecule has 2 rings (SSSR count). The standard InChI is InChI=1S/C12H16N4/c1-9(6-13)14-7-10-8-15-11-4-2-3-5-12(11)16-10/h2-5,8-9,14H,6-7,13H2,1H3/t9-/m1/s1. The summed E-state index contributed by atoms with van der Waals surface area (Å²) < 4.78 is 0. The second-order valence-corrected chi connectivity index (χ2v) is 3.87. The molecule has 0 aliphatic rings. The lowest BCUT2D eigenvalue weighted by Gasteiger charge is -2.10. The van der Waals surface area contributed by atoms with Crippen LogP contribution in [0.5, 0.6) is 0 Å². The Morgan fingerprint density at radius 2 is 2.06 bits per heavy atom. The molecule has 1 aromatic carbocycles. The Morgan fingerprint density at radius 3 is 2.81 bits per heavy atom. The molecular formula is C12H16N4. The van der Waals surface area contributed by atoms with Crippen LogP contribution < -0.4 is 11.1 Å². The lowest BCUT2D eigenvalue weighted by atomic mass is 10.3. The van der Waals surface area contributed by atoms with Crippen molar-refractivity contribution in [1.82, 2.24) is 15.3 Å². The van der Waals surface area contributed by atoms with Crippen LogP contribution in [-0.4, -0.2) is 22.6 Å². The van der Waals surface area contributed by atoms with Crippen LogP contribution in [0.4, 0.5) is 0 Å². The van der Waals surface area contributed by atoms with E-state index in [4.69, 9.17) is 5.73 Å². The van der Waals surface area contributed by atoms with E-state index in [9.17, 15) is 0 Å². The number of benzene rings is 1. The number of nitrogens with zero attached hydrogens (tertiary/aromatic N) is 2. The van der Waals surface area contributed by atoms with Crippen LogP contribution in [0.1, 0.15) is 12.6 Å². The Kier molecular flexibility index (Phi) is 3.44. The highest BCUT2D eigenvalue weighted by molar-refractivity contribution is 5.73. The van der Waals surface area contributed by atoms with E-state index in [-0.39, 0.29) is 0 Å². The van der Waals surface area contributed by atoms with E-state index in [0.29, 0.717) is 19.1 Å². The summed E-state index contributed by atoms with van der Waals surface area (Å²) >= 11 is 0. The van der Waals surface area contributed by atoms with Crippen LogP contribution in [0.3, 0.4) is 0 Å². The Balaban J connectivity index is 2.13. The van der Waals surface area contributed by atoms with Crippen molar-refractivity contribution >= 4 is 11.0 Å². The molecule has 1 heterocycles. The van der Waals surface area contributed by atoms with Crippen LogP contribution in [0, 0.1) is 0 Å². The Labute approximate surface area is 94.9 Å². The van der Waals surface area contributed by atoms with Gasteiger partial charge in [-0.1, -0.05) is 12.1 Å². The van der Waals surface area contributed by atoms with Crippen molar-refractivity contribution in [3.8, 4) is 0 Å². The second-order valence-electron chi connectivity index (χ2n) is 3.87. The highest BCUT2D eigenvalue weighted by Gasteiger charge is 2.01. The monoisotopic (exact) mass is 216 g/mol. The van der Waals surface area contributed by atoms with Crippen LogP contribution in [-0.2, 0) is 6.54 Å². The van der Waals surface area contributed by atoms with Gasteiger partial charge in [-0.3, -0.25) is 4.98 Å². The van der Waals surface area contributed by atoms with Crippen molar-refractivity contribution in [3.05, 3.63) is 36.2 Å². The molecule has 0 aliphatic carbocycles. The summed E-state index contributed by atoms with van der Waals surface area (Å²) in [7, 11) is 0. The number of rotatable bonds is 4. The van der Waals surface area contributed by atoms with Crippen molar-refractivity contribution in [2.45, 2.75) is 19.5 Å². The number of hydrogen-bond acceptors (Lipinski definition) is 4. The van der Waals surface area contributed by atoms with E-state index in [0.717, 1.165) is 16.7 Å². The van der Waals surface area contributed by atoms with Gasteiger partial charge in [0.2, 0.25) is 0 Å². The molecule has 0 spiro atoms. The first-order valence-corrected chi connectivity index (χ1v) is 5.43. The molecule has 0 radical (unpaired) electrons. The average molecular weight is 216 g/mol. The van der Waals surface area contributed by atoms with Gasteiger partial charge in [-0.05, 0) is 19.1 Å². The molecular weight excluding hydrogens is 200 g/mol. The second kappa shape index (κ2) is 5.01. The van der Waals surface area contributed by atoms with Crippen molar-refractivity contribution in [1.29, 1.82) is 0 Å². The molecule has 0 unspecified atom stereocenters. The summed E-state index contributed by atoms with van der Waals surface area (Å²) in [6, 6.07) is 8.16. The maximum atomic E-state index is 5.53. The zero-order valence-electron chi connectivity index (χ0n) is 9.35. The maximum absolute atomic E-state index is 5.53. The van der Waals surface area contributed by atoms with Crippen molar-refractivity contribution in [2.24, 2.45) is 5.73 Å². The van der Waals surface area contributed by atoms with E-state index in [2.05, 4.69) is 22.2 Å². The third-order valence-corrected chi connectivity index (χ3v) is 2.48. The van der Waals surface area contributed by atoms with Gasteiger partial charge in [0.1, 0.15) is 0 Å². The number of para-hydroxylation sites is 2. The summed E-state index contributed by atoms with van der Waals surface area (Å²) in [6.07, 6.45) is 1.80. The molecule has 0 aliphatic heterocycles. The van der Waals surface area contributed by atoms with Gasteiger partial charge < -0.3 is 11.1 Å². The lowest BCUT2D eigenvalue weighted by Crippen LogP contribution is -2.32. The molecule has 0 saturated heterocycles. The minimum Gasteiger partial charge on any atom is -0.329 e. The fourth-order valence-electron chi connectivity index (χ4n) is 1.44. The molecule has 0 fully saturated rings. The summed E-state index contributed by atoms with van der Waals surface area (Å²) in [6.45, 7) is 3.38. The molecule has 16 heavy (non-hydrogen) atoms. The van der Waals surface area contributed by atoms with E-state index < -0.39 is 0 Å². The molecule has 0 saturated carbocycles. The Hall–Kier alpha value is -1.52. The number of nitrogens with one attached hydrogen (secondary N) is 1. The number of nitrogens with two attached hydrogens (primary N) is 1. The molecule has 1 atom stereocenters. The van der Waals surface area contributed by atoms with Crippen molar-refractivity contribution in [2.75, 3.05) is 6.54 Å². The molecule has 0 bridgehead atoms. The van der Waals surface area contributed by atoms with Gasteiger partial charge in [-0.2, -0.15) is 0 Å². The molecule has 0 amide bonds. The third kappa shape index (κ3) is 2.53. The minimum atomic E-state index is 0.299. The molecule has 2 aromatic rings. The molecule has 3 N–H and O–H groups in total. The quantitative estimate of drug-likeness (QED) is 0.802. The summed E-state index contributed by atoms with van der Waals surface area (Å²) in [4.78, 5) is 8.87. The summed E-state index contributed by atoms with van der Waals surface area (Å²) in [5, 5.41) is 3.29. The highest BCUT2D eigenvalue weighted by atomic mass is 14.9. The zero-order valence-corrected chi connectivity index (χ0v) is 9.35. The zero-order chi connectivity index (χ0) is 11.4. The predicted molar refractivity (Wildman–Crippen MR) is 64.9 cm³/mol. The van der Waals surface area contributed by atoms with E-state index >= 15 is 0 Å². The first-order chi connectivity index (χ1) is 7.79. The lowest BCUT2D eigenvalue weighted by molar-refractivity contribution is 0.550. The molecule has 4 nitrogen and oxygen atoms in total. The van der Waals surface area contributed by atoms with E-state index in [1.807, 2.05) is 24.3 Å². The van der Waals surface area contributed by atoms with Gasteiger partial charge in [0.15, 0.2) is 0 Å². The van der Waals surface area contributed by atoms with Crippen molar-refractivity contribution in [3.63, 3.8) is 0 Å². The highest BCUT2D eigenvalue weighted by Crippen LogP contribution is 2.08. The van der Waals surface area contributed by atoms with Gasteiger partial charge in [-0.25, -0.2) is 4.98 Å². The molecule has 1 aromatic heterocycles. The topological polar surface area (TPSA) is 63.8 Å². The van der Waals surface area contributed by atoms with Crippen LogP contribution in [0.2, 0.25) is 0 Å².